The lowest BCUT2D eigenvalue weighted by atomic mass is 10.1. The van der Waals surface area contributed by atoms with Gasteiger partial charge in [0.15, 0.2) is 18.1 Å². The summed E-state index contributed by atoms with van der Waals surface area (Å²) in [6, 6.07) is 8.39. The monoisotopic (exact) mass is 391 g/mol. The number of hydrogen-bond acceptors (Lipinski definition) is 6. The Balaban J connectivity index is 2.14. The predicted molar refractivity (Wildman–Crippen MR) is 101 cm³/mol. The van der Waals surface area contributed by atoms with Crippen molar-refractivity contribution in [3.63, 3.8) is 0 Å². The summed E-state index contributed by atoms with van der Waals surface area (Å²) in [6.45, 7) is 1.61. The Kier molecular flexibility index (Phi) is 7.20. The molecule has 0 heterocycles. The minimum atomic E-state index is -0.749. The van der Waals surface area contributed by atoms with Crippen LogP contribution >= 0.6 is 0 Å². The van der Waals surface area contributed by atoms with E-state index in [1.807, 2.05) is 0 Å². The number of methoxy groups -OCH3 is 3. The van der Waals surface area contributed by atoms with E-state index in [1.165, 1.54) is 62.6 Å². The molecule has 1 amide bonds. The number of likely N-dealkylation sites (N-methyl/N-ethyl adjacent to an activating group) is 1. The number of hydrogen-bond donors (Lipinski definition) is 0. The van der Waals surface area contributed by atoms with E-state index in [0.717, 1.165) is 0 Å². The van der Waals surface area contributed by atoms with Crippen LogP contribution in [0.2, 0.25) is 0 Å². The first kappa shape index (κ1) is 21.0. The second-order valence-electron chi connectivity index (χ2n) is 5.60. The quantitative estimate of drug-likeness (QED) is 0.644. The van der Waals surface area contributed by atoms with Gasteiger partial charge in [-0.05, 0) is 31.2 Å². The van der Waals surface area contributed by atoms with Crippen molar-refractivity contribution in [1.29, 1.82) is 0 Å². The van der Waals surface area contributed by atoms with E-state index in [-0.39, 0.29) is 11.3 Å². The average Bonchev–Trinajstić information content (AvgIpc) is 2.72. The van der Waals surface area contributed by atoms with Crippen molar-refractivity contribution < 1.29 is 32.9 Å². The molecule has 0 aliphatic rings. The van der Waals surface area contributed by atoms with Gasteiger partial charge in [0.2, 0.25) is 0 Å². The first-order valence-corrected chi connectivity index (χ1v) is 8.48. The lowest BCUT2D eigenvalue weighted by Gasteiger charge is -2.21. The maximum absolute atomic E-state index is 13.1. The Morgan fingerprint density at radius 3 is 2.04 bits per heavy atom. The Labute approximate surface area is 162 Å². The molecule has 0 bridgehead atoms. The highest BCUT2D eigenvalue weighted by molar-refractivity contribution is 5.98. The van der Waals surface area contributed by atoms with E-state index in [1.54, 1.807) is 6.92 Å². The van der Waals surface area contributed by atoms with Crippen LogP contribution in [0.15, 0.2) is 36.4 Å². The second kappa shape index (κ2) is 9.59. The number of nitrogens with zero attached hydrogens (tertiary/aromatic N) is 1. The summed E-state index contributed by atoms with van der Waals surface area (Å²) < 4.78 is 33.8. The van der Waals surface area contributed by atoms with Crippen molar-refractivity contribution >= 4 is 17.6 Å². The van der Waals surface area contributed by atoms with Gasteiger partial charge >= 0.3 is 5.97 Å². The van der Waals surface area contributed by atoms with Crippen LogP contribution in [0.3, 0.4) is 0 Å². The summed E-state index contributed by atoms with van der Waals surface area (Å²) >= 11 is 0. The first-order valence-electron chi connectivity index (χ1n) is 8.48. The van der Waals surface area contributed by atoms with E-state index in [4.69, 9.17) is 18.9 Å². The Hall–Kier alpha value is -3.29. The van der Waals surface area contributed by atoms with Crippen LogP contribution in [0.4, 0.5) is 10.1 Å². The molecule has 28 heavy (non-hydrogen) atoms. The zero-order valence-electron chi connectivity index (χ0n) is 16.2. The van der Waals surface area contributed by atoms with Crippen molar-refractivity contribution in [2.45, 2.75) is 6.92 Å². The first-order chi connectivity index (χ1) is 13.4. The molecule has 0 spiro atoms. The number of carbonyl (C=O) groups is 2. The Morgan fingerprint density at radius 2 is 1.50 bits per heavy atom. The SMILES string of the molecule is CCN(C(=O)COC(=O)c1cc(OC)c(OC)cc1OC)c1ccc(F)cc1. The zero-order valence-corrected chi connectivity index (χ0v) is 16.2. The van der Waals surface area contributed by atoms with Gasteiger partial charge in [0, 0.05) is 24.4 Å². The summed E-state index contributed by atoms with van der Waals surface area (Å²) in [4.78, 5) is 26.3. The molecular weight excluding hydrogens is 369 g/mol. The molecule has 0 aliphatic heterocycles. The van der Waals surface area contributed by atoms with Crippen LogP contribution in [-0.2, 0) is 9.53 Å². The molecule has 0 saturated heterocycles. The number of amides is 1. The molecule has 2 aromatic rings. The standard InChI is InChI=1S/C20H22FNO6/c1-5-22(14-8-6-13(21)7-9-14)19(23)12-28-20(24)15-10-17(26-3)18(27-4)11-16(15)25-2/h6-11H,5,12H2,1-4H3. The number of anilines is 1. The van der Waals surface area contributed by atoms with Crippen molar-refractivity contribution in [2.24, 2.45) is 0 Å². The van der Waals surface area contributed by atoms with Crippen molar-refractivity contribution in [1.82, 2.24) is 0 Å². The van der Waals surface area contributed by atoms with Crippen LogP contribution in [0.1, 0.15) is 17.3 Å². The topological polar surface area (TPSA) is 74.3 Å². The van der Waals surface area contributed by atoms with Crippen LogP contribution in [0, 0.1) is 5.82 Å². The smallest absolute Gasteiger partial charge is 0.342 e. The molecule has 7 nitrogen and oxygen atoms in total. The van der Waals surface area contributed by atoms with Crippen LogP contribution in [-0.4, -0.2) is 46.4 Å². The molecule has 8 heteroatoms. The Morgan fingerprint density at radius 1 is 0.929 bits per heavy atom. The summed E-state index contributed by atoms with van der Waals surface area (Å²) in [6.07, 6.45) is 0. The van der Waals surface area contributed by atoms with Gasteiger partial charge in [-0.2, -0.15) is 0 Å². The molecule has 0 saturated carbocycles. The molecule has 0 N–H and O–H groups in total. The van der Waals surface area contributed by atoms with Crippen molar-refractivity contribution in [2.75, 3.05) is 39.4 Å². The van der Waals surface area contributed by atoms with E-state index in [2.05, 4.69) is 0 Å². The van der Waals surface area contributed by atoms with E-state index < -0.39 is 24.3 Å². The summed E-state index contributed by atoms with van der Waals surface area (Å²) in [7, 11) is 4.30. The largest absolute Gasteiger partial charge is 0.496 e. The van der Waals surface area contributed by atoms with Gasteiger partial charge in [-0.3, -0.25) is 4.79 Å². The summed E-state index contributed by atoms with van der Waals surface area (Å²) in [5.41, 5.74) is 0.603. The molecule has 0 unspecified atom stereocenters. The lowest BCUT2D eigenvalue weighted by molar-refractivity contribution is -0.121. The summed E-state index contributed by atoms with van der Waals surface area (Å²) in [5, 5.41) is 0. The molecular formula is C20H22FNO6. The summed E-state index contributed by atoms with van der Waals surface area (Å²) in [5.74, 6) is -0.660. The fraction of sp³-hybridized carbons (Fsp3) is 0.300. The highest BCUT2D eigenvalue weighted by Crippen LogP contribution is 2.34. The van der Waals surface area contributed by atoms with Gasteiger partial charge in [-0.15, -0.1) is 0 Å². The number of esters is 1. The Bertz CT molecular complexity index is 837. The fourth-order valence-electron chi connectivity index (χ4n) is 2.60. The molecule has 0 aliphatic carbocycles. The van der Waals surface area contributed by atoms with Crippen LogP contribution < -0.4 is 19.1 Å². The van der Waals surface area contributed by atoms with Crippen LogP contribution in [0.5, 0.6) is 17.2 Å². The van der Waals surface area contributed by atoms with Gasteiger partial charge in [0.25, 0.3) is 5.91 Å². The van der Waals surface area contributed by atoms with E-state index in [0.29, 0.717) is 23.7 Å². The van der Waals surface area contributed by atoms with Crippen LogP contribution in [0.25, 0.3) is 0 Å². The highest BCUT2D eigenvalue weighted by atomic mass is 19.1. The molecule has 150 valence electrons. The molecule has 2 rings (SSSR count). The minimum Gasteiger partial charge on any atom is -0.496 e. The molecule has 0 radical (unpaired) electrons. The number of rotatable bonds is 8. The third-order valence-corrected chi connectivity index (χ3v) is 4.01. The number of ether oxygens (including phenoxy) is 4. The zero-order chi connectivity index (χ0) is 20.7. The third-order valence-electron chi connectivity index (χ3n) is 4.01. The van der Waals surface area contributed by atoms with E-state index >= 15 is 0 Å². The fourth-order valence-corrected chi connectivity index (χ4v) is 2.60. The third kappa shape index (κ3) is 4.70. The molecule has 0 aromatic heterocycles. The maximum atomic E-state index is 13.1. The van der Waals surface area contributed by atoms with Gasteiger partial charge in [-0.1, -0.05) is 0 Å². The molecule has 2 aromatic carbocycles. The number of benzene rings is 2. The highest BCUT2D eigenvalue weighted by Gasteiger charge is 2.21. The van der Waals surface area contributed by atoms with Gasteiger partial charge in [0.1, 0.15) is 17.1 Å². The normalized spacial score (nSPS) is 10.2. The van der Waals surface area contributed by atoms with Crippen molar-refractivity contribution in [3.8, 4) is 17.2 Å². The van der Waals surface area contributed by atoms with Gasteiger partial charge < -0.3 is 23.8 Å². The number of halogens is 1. The van der Waals surface area contributed by atoms with Gasteiger partial charge in [0.05, 0.1) is 21.3 Å². The second-order valence-corrected chi connectivity index (χ2v) is 5.60. The average molecular weight is 391 g/mol. The van der Waals surface area contributed by atoms with Gasteiger partial charge in [-0.25, -0.2) is 9.18 Å². The molecule has 0 atom stereocenters. The minimum absolute atomic E-state index is 0.0952. The predicted octanol–water partition coefficient (Wildman–Crippen LogP) is 3.06. The van der Waals surface area contributed by atoms with E-state index in [9.17, 15) is 14.0 Å². The maximum Gasteiger partial charge on any atom is 0.342 e. The van der Waals surface area contributed by atoms with Crippen molar-refractivity contribution in [3.05, 3.63) is 47.8 Å². The number of carbonyl (C=O) groups excluding carboxylic acids is 2. The molecule has 0 fully saturated rings. The lowest BCUT2D eigenvalue weighted by Crippen LogP contribution is -2.34.